The van der Waals surface area contributed by atoms with Gasteiger partial charge in [-0.25, -0.2) is 0 Å². The third-order valence-electron chi connectivity index (χ3n) is 3.38. The van der Waals surface area contributed by atoms with Gasteiger partial charge in [-0.3, -0.25) is 0 Å². The van der Waals surface area contributed by atoms with Crippen LogP contribution in [0.15, 0.2) is 23.4 Å². The predicted octanol–water partition coefficient (Wildman–Crippen LogP) is 3.34. The summed E-state index contributed by atoms with van der Waals surface area (Å²) in [5.41, 5.74) is 3.23. The molecule has 1 aliphatic carbocycles. The van der Waals surface area contributed by atoms with Crippen LogP contribution in [0.2, 0.25) is 0 Å². The van der Waals surface area contributed by atoms with E-state index in [0.29, 0.717) is 6.04 Å². The van der Waals surface area contributed by atoms with E-state index in [1.807, 2.05) is 0 Å². The van der Waals surface area contributed by atoms with Gasteiger partial charge in [-0.15, -0.1) is 0 Å². The molecule has 0 aromatic rings. The molecule has 2 rings (SSSR count). The Morgan fingerprint density at radius 2 is 2.21 bits per heavy atom. The van der Waals surface area contributed by atoms with Gasteiger partial charge in [0.15, 0.2) is 0 Å². The SMILES string of the molecule is CC1CC=CC2=C1N(C(C)C)CCC2. The van der Waals surface area contributed by atoms with Crippen molar-refractivity contribution in [3.8, 4) is 0 Å². The highest BCUT2D eigenvalue weighted by Crippen LogP contribution is 2.34. The fourth-order valence-corrected chi connectivity index (χ4v) is 2.70. The molecule has 1 heteroatoms. The van der Waals surface area contributed by atoms with Crippen molar-refractivity contribution in [2.75, 3.05) is 6.54 Å². The molecule has 2 aliphatic rings. The number of hydrogen-bond donors (Lipinski definition) is 0. The van der Waals surface area contributed by atoms with Crippen LogP contribution in [-0.2, 0) is 0 Å². The second-order valence-corrected chi connectivity index (χ2v) is 4.84. The highest BCUT2D eigenvalue weighted by molar-refractivity contribution is 5.32. The number of rotatable bonds is 1. The lowest BCUT2D eigenvalue weighted by Crippen LogP contribution is -2.37. The van der Waals surface area contributed by atoms with Crippen molar-refractivity contribution < 1.29 is 0 Å². The van der Waals surface area contributed by atoms with E-state index in [1.165, 1.54) is 25.8 Å². The number of allylic oxidation sites excluding steroid dienone is 4. The molecule has 1 unspecified atom stereocenters. The maximum absolute atomic E-state index is 2.60. The van der Waals surface area contributed by atoms with E-state index in [2.05, 4.69) is 37.8 Å². The van der Waals surface area contributed by atoms with Crippen molar-refractivity contribution in [1.82, 2.24) is 4.90 Å². The molecule has 0 saturated heterocycles. The van der Waals surface area contributed by atoms with Crippen LogP contribution in [0.1, 0.15) is 40.0 Å². The molecule has 0 bridgehead atoms. The van der Waals surface area contributed by atoms with Crippen LogP contribution in [0.3, 0.4) is 0 Å². The quantitative estimate of drug-likeness (QED) is 0.614. The van der Waals surface area contributed by atoms with Gasteiger partial charge in [0.25, 0.3) is 0 Å². The smallest absolute Gasteiger partial charge is 0.0230 e. The van der Waals surface area contributed by atoms with Gasteiger partial charge >= 0.3 is 0 Å². The number of hydrogen-bond acceptors (Lipinski definition) is 1. The minimum Gasteiger partial charge on any atom is -0.372 e. The van der Waals surface area contributed by atoms with E-state index < -0.39 is 0 Å². The fraction of sp³-hybridized carbons (Fsp3) is 0.692. The van der Waals surface area contributed by atoms with Crippen LogP contribution in [0.4, 0.5) is 0 Å². The topological polar surface area (TPSA) is 3.24 Å². The van der Waals surface area contributed by atoms with Crippen molar-refractivity contribution in [3.05, 3.63) is 23.4 Å². The maximum atomic E-state index is 2.60. The van der Waals surface area contributed by atoms with E-state index in [1.54, 1.807) is 11.3 Å². The molecule has 1 atom stereocenters. The summed E-state index contributed by atoms with van der Waals surface area (Å²) in [6.45, 7) is 8.23. The summed E-state index contributed by atoms with van der Waals surface area (Å²) in [5, 5.41) is 0. The monoisotopic (exact) mass is 191 g/mol. The van der Waals surface area contributed by atoms with E-state index >= 15 is 0 Å². The van der Waals surface area contributed by atoms with E-state index in [9.17, 15) is 0 Å². The molecule has 0 fully saturated rings. The van der Waals surface area contributed by atoms with Crippen molar-refractivity contribution in [1.29, 1.82) is 0 Å². The zero-order chi connectivity index (χ0) is 10.1. The van der Waals surface area contributed by atoms with Crippen molar-refractivity contribution >= 4 is 0 Å². The van der Waals surface area contributed by atoms with Crippen molar-refractivity contribution in [3.63, 3.8) is 0 Å². The lowest BCUT2D eigenvalue weighted by atomic mass is 9.87. The molecular weight excluding hydrogens is 170 g/mol. The van der Waals surface area contributed by atoms with Crippen LogP contribution < -0.4 is 0 Å². The molecule has 0 saturated carbocycles. The normalized spacial score (nSPS) is 27.1. The highest BCUT2D eigenvalue weighted by Gasteiger charge is 2.26. The van der Waals surface area contributed by atoms with Crippen molar-refractivity contribution in [2.24, 2.45) is 5.92 Å². The van der Waals surface area contributed by atoms with Gasteiger partial charge in [0.05, 0.1) is 0 Å². The van der Waals surface area contributed by atoms with Gasteiger partial charge in [-0.2, -0.15) is 0 Å². The molecule has 1 nitrogen and oxygen atoms in total. The minimum absolute atomic E-state index is 0.661. The van der Waals surface area contributed by atoms with Crippen LogP contribution in [-0.4, -0.2) is 17.5 Å². The van der Waals surface area contributed by atoms with E-state index in [4.69, 9.17) is 0 Å². The molecule has 0 aromatic carbocycles. The van der Waals surface area contributed by atoms with Crippen LogP contribution >= 0.6 is 0 Å². The summed E-state index contributed by atoms with van der Waals surface area (Å²) in [6, 6.07) is 0.661. The predicted molar refractivity (Wildman–Crippen MR) is 61.0 cm³/mol. The zero-order valence-electron chi connectivity index (χ0n) is 9.59. The minimum atomic E-state index is 0.661. The lowest BCUT2D eigenvalue weighted by molar-refractivity contribution is 0.233. The first-order chi connectivity index (χ1) is 6.70. The Hall–Kier alpha value is -0.720. The first-order valence-corrected chi connectivity index (χ1v) is 5.86. The Morgan fingerprint density at radius 3 is 2.93 bits per heavy atom. The van der Waals surface area contributed by atoms with E-state index in [0.717, 1.165) is 5.92 Å². The molecule has 0 radical (unpaired) electrons. The fourth-order valence-electron chi connectivity index (χ4n) is 2.70. The van der Waals surface area contributed by atoms with Gasteiger partial charge < -0.3 is 4.90 Å². The number of nitrogens with zero attached hydrogens (tertiary/aromatic N) is 1. The Kier molecular flexibility index (Phi) is 2.66. The molecule has 78 valence electrons. The Balaban J connectivity index is 2.32. The van der Waals surface area contributed by atoms with Crippen molar-refractivity contribution in [2.45, 2.75) is 46.1 Å². The molecular formula is C13H21N. The molecule has 0 amide bonds. The lowest BCUT2D eigenvalue weighted by Gasteiger charge is -2.40. The summed E-state index contributed by atoms with van der Waals surface area (Å²) in [4.78, 5) is 2.60. The van der Waals surface area contributed by atoms with Gasteiger partial charge in [0.2, 0.25) is 0 Å². The summed E-state index contributed by atoms with van der Waals surface area (Å²) < 4.78 is 0. The first-order valence-electron chi connectivity index (χ1n) is 5.86. The maximum Gasteiger partial charge on any atom is 0.0230 e. The zero-order valence-corrected chi connectivity index (χ0v) is 9.59. The Morgan fingerprint density at radius 1 is 1.43 bits per heavy atom. The Labute approximate surface area is 87.5 Å². The molecule has 14 heavy (non-hydrogen) atoms. The molecule has 0 spiro atoms. The van der Waals surface area contributed by atoms with Crippen LogP contribution in [0.25, 0.3) is 0 Å². The summed E-state index contributed by atoms with van der Waals surface area (Å²) in [7, 11) is 0. The van der Waals surface area contributed by atoms with Crippen LogP contribution in [0.5, 0.6) is 0 Å². The highest BCUT2D eigenvalue weighted by atomic mass is 15.2. The summed E-state index contributed by atoms with van der Waals surface area (Å²) in [5.74, 6) is 0.734. The van der Waals surface area contributed by atoms with E-state index in [-0.39, 0.29) is 0 Å². The largest absolute Gasteiger partial charge is 0.372 e. The van der Waals surface area contributed by atoms with Gasteiger partial charge in [-0.05, 0) is 44.6 Å². The molecule has 0 N–H and O–H groups in total. The molecule has 1 heterocycles. The first kappa shape index (κ1) is 9.82. The summed E-state index contributed by atoms with van der Waals surface area (Å²) in [6.07, 6.45) is 8.53. The molecule has 1 aliphatic heterocycles. The average molecular weight is 191 g/mol. The average Bonchev–Trinajstić information content (AvgIpc) is 2.17. The van der Waals surface area contributed by atoms with Crippen LogP contribution in [0, 0.1) is 5.92 Å². The third-order valence-corrected chi connectivity index (χ3v) is 3.38. The van der Waals surface area contributed by atoms with Gasteiger partial charge in [-0.1, -0.05) is 19.1 Å². The molecule has 0 aromatic heterocycles. The van der Waals surface area contributed by atoms with Gasteiger partial charge in [0, 0.05) is 18.3 Å². The standard InChI is InChI=1S/C13H21N/c1-10(2)14-9-5-8-12-7-4-6-11(3)13(12)14/h4,7,10-11H,5-6,8-9H2,1-3H3. The van der Waals surface area contributed by atoms with Gasteiger partial charge in [0.1, 0.15) is 0 Å². The third kappa shape index (κ3) is 1.60. The second-order valence-electron chi connectivity index (χ2n) is 4.84. The Bertz CT molecular complexity index is 273. The second kappa shape index (κ2) is 3.80. The summed E-state index contributed by atoms with van der Waals surface area (Å²) >= 11 is 0.